The van der Waals surface area contributed by atoms with Gasteiger partial charge in [0, 0.05) is 12.6 Å². The van der Waals surface area contributed by atoms with Gasteiger partial charge in [-0.15, -0.1) is 0 Å². The highest BCUT2D eigenvalue weighted by Crippen LogP contribution is 2.33. The van der Waals surface area contributed by atoms with Crippen LogP contribution in [0.4, 0.5) is 0 Å². The van der Waals surface area contributed by atoms with Gasteiger partial charge in [0.05, 0.1) is 18.5 Å². The summed E-state index contributed by atoms with van der Waals surface area (Å²) in [6.07, 6.45) is 4.33. The van der Waals surface area contributed by atoms with Crippen molar-refractivity contribution in [3.8, 4) is 6.07 Å². The van der Waals surface area contributed by atoms with Crippen LogP contribution in [0.1, 0.15) is 46.5 Å². The molecule has 0 spiro atoms. The van der Waals surface area contributed by atoms with E-state index in [0.29, 0.717) is 18.4 Å². The Bertz CT molecular complexity index is 348. The lowest BCUT2D eigenvalue weighted by Gasteiger charge is -2.38. The number of carbonyl (C=O) groups is 1. The van der Waals surface area contributed by atoms with E-state index in [1.807, 2.05) is 7.05 Å². The summed E-state index contributed by atoms with van der Waals surface area (Å²) in [7, 11) is 1.97. The molecule has 1 N–H and O–H groups in total. The van der Waals surface area contributed by atoms with Crippen molar-refractivity contribution in [2.75, 3.05) is 20.1 Å². The number of hydrogen-bond acceptors (Lipinski definition) is 3. The lowest BCUT2D eigenvalue weighted by molar-refractivity contribution is -0.123. The van der Waals surface area contributed by atoms with Crippen LogP contribution in [0.3, 0.4) is 0 Å². The van der Waals surface area contributed by atoms with Crippen LogP contribution < -0.4 is 5.32 Å². The van der Waals surface area contributed by atoms with E-state index in [9.17, 15) is 10.1 Å². The van der Waals surface area contributed by atoms with Gasteiger partial charge in [0.1, 0.15) is 0 Å². The van der Waals surface area contributed by atoms with Gasteiger partial charge >= 0.3 is 0 Å². The zero-order valence-corrected chi connectivity index (χ0v) is 13.4. The zero-order valence-electron chi connectivity index (χ0n) is 13.4. The smallest absolute Gasteiger partial charge is 0.234 e. The van der Waals surface area contributed by atoms with Crippen LogP contribution in [0.25, 0.3) is 0 Å². The minimum absolute atomic E-state index is 0.0662. The fraction of sp³-hybridized carbons (Fsp3) is 0.875. The third-order valence-corrected chi connectivity index (χ3v) is 4.34. The van der Waals surface area contributed by atoms with E-state index in [2.05, 4.69) is 37.1 Å². The van der Waals surface area contributed by atoms with Crippen LogP contribution in [0.5, 0.6) is 0 Å². The molecule has 0 saturated heterocycles. The van der Waals surface area contributed by atoms with Gasteiger partial charge in [0.25, 0.3) is 0 Å². The van der Waals surface area contributed by atoms with E-state index in [4.69, 9.17) is 0 Å². The molecule has 1 amide bonds. The maximum Gasteiger partial charge on any atom is 0.234 e. The summed E-state index contributed by atoms with van der Waals surface area (Å²) in [5, 5.41) is 12.2. The van der Waals surface area contributed by atoms with Gasteiger partial charge in [0.15, 0.2) is 0 Å². The summed E-state index contributed by atoms with van der Waals surface area (Å²) in [6, 6.07) is 2.66. The summed E-state index contributed by atoms with van der Waals surface area (Å²) in [6.45, 7) is 7.50. The first-order valence-electron chi connectivity index (χ1n) is 7.84. The van der Waals surface area contributed by atoms with E-state index >= 15 is 0 Å². The van der Waals surface area contributed by atoms with Crippen molar-refractivity contribution < 1.29 is 4.79 Å². The van der Waals surface area contributed by atoms with Crippen molar-refractivity contribution in [1.82, 2.24) is 10.2 Å². The standard InChI is InChI=1S/C16H29N3O/c1-5-13-6-7-14(9-17)15(8-13)19(4)11-16(20)18-10-12(2)3/h12-15H,5-8,10-11H2,1-4H3,(H,18,20). The van der Waals surface area contributed by atoms with Crippen LogP contribution >= 0.6 is 0 Å². The molecular formula is C16H29N3O. The maximum atomic E-state index is 11.9. The Kier molecular flexibility index (Phi) is 7.01. The minimum atomic E-state index is 0.0662. The molecule has 4 heteroatoms. The Labute approximate surface area is 123 Å². The van der Waals surface area contributed by atoms with E-state index in [-0.39, 0.29) is 17.9 Å². The van der Waals surface area contributed by atoms with Gasteiger partial charge < -0.3 is 5.32 Å². The van der Waals surface area contributed by atoms with E-state index in [0.717, 1.165) is 25.8 Å². The summed E-state index contributed by atoms with van der Waals surface area (Å²) in [5.74, 6) is 1.30. The number of carbonyl (C=O) groups excluding carboxylic acids is 1. The average molecular weight is 279 g/mol. The van der Waals surface area contributed by atoms with E-state index < -0.39 is 0 Å². The first kappa shape index (κ1) is 17.0. The fourth-order valence-electron chi connectivity index (χ4n) is 2.96. The number of hydrogen-bond donors (Lipinski definition) is 1. The van der Waals surface area contributed by atoms with Gasteiger partial charge in [-0.05, 0) is 38.1 Å². The van der Waals surface area contributed by atoms with Crippen LogP contribution in [-0.2, 0) is 4.79 Å². The van der Waals surface area contributed by atoms with Gasteiger partial charge in [-0.25, -0.2) is 0 Å². The molecule has 1 aliphatic rings. The third-order valence-electron chi connectivity index (χ3n) is 4.34. The van der Waals surface area contributed by atoms with Gasteiger partial charge in [0.2, 0.25) is 5.91 Å². The topological polar surface area (TPSA) is 56.1 Å². The maximum absolute atomic E-state index is 11.9. The Balaban J connectivity index is 2.52. The summed E-state index contributed by atoms with van der Waals surface area (Å²) >= 11 is 0. The number of nitrogens with one attached hydrogen (secondary N) is 1. The number of nitrogens with zero attached hydrogens (tertiary/aromatic N) is 2. The first-order chi connectivity index (χ1) is 9.47. The lowest BCUT2D eigenvalue weighted by atomic mass is 9.77. The second-order valence-electron chi connectivity index (χ2n) is 6.50. The normalized spacial score (nSPS) is 26.6. The Hall–Kier alpha value is -1.08. The molecule has 1 aliphatic carbocycles. The van der Waals surface area contributed by atoms with Crippen LogP contribution in [0.15, 0.2) is 0 Å². The molecule has 0 radical (unpaired) electrons. The van der Waals surface area contributed by atoms with Crippen molar-refractivity contribution in [3.63, 3.8) is 0 Å². The molecular weight excluding hydrogens is 250 g/mol. The molecule has 3 unspecified atom stereocenters. The van der Waals surface area contributed by atoms with Crippen molar-refractivity contribution in [1.29, 1.82) is 5.26 Å². The van der Waals surface area contributed by atoms with Gasteiger partial charge in [-0.1, -0.05) is 27.2 Å². The molecule has 20 heavy (non-hydrogen) atoms. The molecule has 114 valence electrons. The van der Waals surface area contributed by atoms with Crippen LogP contribution in [-0.4, -0.2) is 37.0 Å². The number of rotatable bonds is 6. The van der Waals surface area contributed by atoms with Gasteiger partial charge in [-0.2, -0.15) is 5.26 Å². The molecule has 0 aromatic carbocycles. The molecule has 4 nitrogen and oxygen atoms in total. The van der Waals surface area contributed by atoms with E-state index in [1.165, 1.54) is 6.42 Å². The Morgan fingerprint density at radius 2 is 2.15 bits per heavy atom. The molecule has 0 aliphatic heterocycles. The number of nitriles is 1. The molecule has 0 bridgehead atoms. The molecule has 0 aromatic heterocycles. The highest BCUT2D eigenvalue weighted by molar-refractivity contribution is 5.78. The average Bonchev–Trinajstić information content (AvgIpc) is 2.44. The quantitative estimate of drug-likeness (QED) is 0.812. The lowest BCUT2D eigenvalue weighted by Crippen LogP contribution is -2.46. The van der Waals surface area contributed by atoms with Crippen molar-refractivity contribution in [3.05, 3.63) is 0 Å². The highest BCUT2D eigenvalue weighted by atomic mass is 16.2. The third kappa shape index (κ3) is 5.13. The predicted octanol–water partition coefficient (Wildman–Crippen LogP) is 2.41. The second kappa shape index (κ2) is 8.26. The summed E-state index contributed by atoms with van der Waals surface area (Å²) in [5.41, 5.74) is 0. The molecule has 0 aromatic rings. The Morgan fingerprint density at radius 1 is 1.45 bits per heavy atom. The molecule has 1 fully saturated rings. The highest BCUT2D eigenvalue weighted by Gasteiger charge is 2.33. The van der Waals surface area contributed by atoms with Gasteiger partial charge in [-0.3, -0.25) is 9.69 Å². The molecule has 3 atom stereocenters. The first-order valence-corrected chi connectivity index (χ1v) is 7.84. The van der Waals surface area contributed by atoms with Crippen molar-refractivity contribution in [2.45, 2.75) is 52.5 Å². The monoisotopic (exact) mass is 279 g/mol. The molecule has 0 heterocycles. The van der Waals surface area contributed by atoms with Crippen molar-refractivity contribution >= 4 is 5.91 Å². The zero-order chi connectivity index (χ0) is 15.1. The Morgan fingerprint density at radius 3 is 2.70 bits per heavy atom. The fourth-order valence-corrected chi connectivity index (χ4v) is 2.96. The number of likely N-dealkylation sites (N-methyl/N-ethyl adjacent to an activating group) is 1. The number of amides is 1. The predicted molar refractivity (Wildman–Crippen MR) is 81.0 cm³/mol. The summed E-state index contributed by atoms with van der Waals surface area (Å²) in [4.78, 5) is 14.0. The summed E-state index contributed by atoms with van der Waals surface area (Å²) < 4.78 is 0. The second-order valence-corrected chi connectivity index (χ2v) is 6.50. The van der Waals surface area contributed by atoms with E-state index in [1.54, 1.807) is 0 Å². The minimum Gasteiger partial charge on any atom is -0.355 e. The van der Waals surface area contributed by atoms with Crippen LogP contribution in [0, 0.1) is 29.1 Å². The molecule has 1 rings (SSSR count). The van der Waals surface area contributed by atoms with Crippen molar-refractivity contribution in [2.24, 2.45) is 17.8 Å². The molecule has 1 saturated carbocycles. The van der Waals surface area contributed by atoms with Crippen LogP contribution in [0.2, 0.25) is 0 Å². The SMILES string of the molecule is CCC1CCC(C#N)C(N(C)CC(=O)NCC(C)C)C1. The largest absolute Gasteiger partial charge is 0.355 e.